The minimum absolute atomic E-state index is 0.0419. The van der Waals surface area contributed by atoms with Crippen molar-refractivity contribution in [2.75, 3.05) is 13.1 Å². The number of hydrogen-bond acceptors (Lipinski definition) is 2. The van der Waals surface area contributed by atoms with E-state index in [9.17, 15) is 9.59 Å². The van der Waals surface area contributed by atoms with Crippen molar-refractivity contribution in [2.45, 2.75) is 38.6 Å². The first-order chi connectivity index (χ1) is 8.04. The smallest absolute Gasteiger partial charge is 0.317 e. The fraction of sp³-hybridized carbons (Fsp3) is 0.833. The van der Waals surface area contributed by atoms with Gasteiger partial charge < -0.3 is 15.3 Å². The highest BCUT2D eigenvalue weighted by molar-refractivity contribution is 5.76. The van der Waals surface area contributed by atoms with E-state index in [2.05, 4.69) is 5.32 Å². The van der Waals surface area contributed by atoms with Gasteiger partial charge in [0.25, 0.3) is 0 Å². The molecule has 2 rings (SSSR count). The number of nitrogens with one attached hydrogen (secondary N) is 1. The summed E-state index contributed by atoms with van der Waals surface area (Å²) in [5.74, 6) is 0.163. The van der Waals surface area contributed by atoms with Gasteiger partial charge in [-0.3, -0.25) is 4.79 Å². The van der Waals surface area contributed by atoms with Gasteiger partial charge in [0, 0.05) is 25.0 Å². The van der Waals surface area contributed by atoms with Crippen molar-refractivity contribution in [3.63, 3.8) is 0 Å². The van der Waals surface area contributed by atoms with Gasteiger partial charge in [-0.1, -0.05) is 12.8 Å². The van der Waals surface area contributed by atoms with Crippen molar-refractivity contribution in [2.24, 2.45) is 11.8 Å². The molecule has 1 heterocycles. The van der Waals surface area contributed by atoms with Gasteiger partial charge in [-0.15, -0.1) is 0 Å². The van der Waals surface area contributed by atoms with Gasteiger partial charge in [-0.25, -0.2) is 4.79 Å². The molecule has 1 saturated heterocycles. The van der Waals surface area contributed by atoms with Gasteiger partial charge in [-0.2, -0.15) is 0 Å². The second-order valence-corrected chi connectivity index (χ2v) is 5.40. The Bertz CT molecular complexity index is 309. The summed E-state index contributed by atoms with van der Waals surface area (Å²) >= 11 is 0. The summed E-state index contributed by atoms with van der Waals surface area (Å²) in [6.07, 6.45) is 3.83. The highest BCUT2D eigenvalue weighted by Gasteiger charge is 2.33. The van der Waals surface area contributed by atoms with Gasteiger partial charge in [0.2, 0.25) is 0 Å². The Balaban J connectivity index is 1.62. The van der Waals surface area contributed by atoms with Crippen LogP contribution in [0.3, 0.4) is 0 Å². The van der Waals surface area contributed by atoms with E-state index in [0.29, 0.717) is 13.1 Å². The Labute approximate surface area is 101 Å². The molecule has 0 radical (unpaired) electrons. The molecular weight excluding hydrogens is 220 g/mol. The molecule has 1 saturated carbocycles. The van der Waals surface area contributed by atoms with Crippen LogP contribution >= 0.6 is 0 Å². The summed E-state index contributed by atoms with van der Waals surface area (Å²) in [6.45, 7) is 3.19. The monoisotopic (exact) mass is 240 g/mol. The third-order valence-electron chi connectivity index (χ3n) is 3.46. The second-order valence-electron chi connectivity index (χ2n) is 5.40. The van der Waals surface area contributed by atoms with Crippen molar-refractivity contribution >= 4 is 12.0 Å². The number of amides is 2. The minimum atomic E-state index is -0.780. The highest BCUT2D eigenvalue weighted by atomic mass is 16.4. The number of carboxylic acid groups (broad SMARTS) is 1. The number of carbonyl (C=O) groups is 2. The molecular formula is C12H20N2O3. The van der Waals surface area contributed by atoms with Crippen LogP contribution in [0, 0.1) is 11.8 Å². The lowest BCUT2D eigenvalue weighted by molar-refractivity contribution is -0.139. The molecule has 5 nitrogen and oxygen atoms in total. The van der Waals surface area contributed by atoms with E-state index in [1.165, 1.54) is 12.8 Å². The Hall–Kier alpha value is -1.26. The van der Waals surface area contributed by atoms with Crippen LogP contribution in [0.4, 0.5) is 4.79 Å². The van der Waals surface area contributed by atoms with Crippen molar-refractivity contribution in [3.05, 3.63) is 0 Å². The lowest BCUT2D eigenvalue weighted by Gasteiger charge is -2.39. The molecule has 1 atom stereocenters. The van der Waals surface area contributed by atoms with E-state index in [1.807, 2.05) is 6.92 Å². The van der Waals surface area contributed by atoms with Crippen LogP contribution < -0.4 is 5.32 Å². The molecule has 2 aliphatic rings. The molecule has 0 bridgehead atoms. The van der Waals surface area contributed by atoms with Crippen molar-refractivity contribution in [1.82, 2.24) is 10.2 Å². The zero-order valence-electron chi connectivity index (χ0n) is 10.2. The lowest BCUT2D eigenvalue weighted by atomic mass is 9.97. The standard InChI is InChI=1S/C12H20N2O3/c1-8(4-9-2-3-9)13-12(17)14-6-10(7-14)5-11(15)16/h8-10H,2-7H2,1H3,(H,13,17)(H,15,16). The maximum absolute atomic E-state index is 11.7. The van der Waals surface area contributed by atoms with E-state index < -0.39 is 5.97 Å². The topological polar surface area (TPSA) is 69.6 Å². The Morgan fingerprint density at radius 1 is 1.35 bits per heavy atom. The summed E-state index contributed by atoms with van der Waals surface area (Å²) in [4.78, 5) is 23.9. The van der Waals surface area contributed by atoms with Crippen LogP contribution in [-0.2, 0) is 4.79 Å². The summed E-state index contributed by atoms with van der Waals surface area (Å²) < 4.78 is 0. The molecule has 2 amide bonds. The van der Waals surface area contributed by atoms with Gasteiger partial charge in [0.05, 0.1) is 6.42 Å². The molecule has 0 aromatic heterocycles. The lowest BCUT2D eigenvalue weighted by Crippen LogP contribution is -2.55. The number of rotatable bonds is 5. The third-order valence-corrected chi connectivity index (χ3v) is 3.46. The number of hydrogen-bond donors (Lipinski definition) is 2. The van der Waals surface area contributed by atoms with Crippen LogP contribution in [0.1, 0.15) is 32.6 Å². The van der Waals surface area contributed by atoms with Gasteiger partial charge in [0.1, 0.15) is 0 Å². The first-order valence-corrected chi connectivity index (χ1v) is 6.32. The summed E-state index contributed by atoms with van der Waals surface area (Å²) in [7, 11) is 0. The second kappa shape index (κ2) is 4.94. The van der Waals surface area contributed by atoms with E-state index in [-0.39, 0.29) is 24.4 Å². The van der Waals surface area contributed by atoms with Gasteiger partial charge in [0.15, 0.2) is 0 Å². The third kappa shape index (κ3) is 3.61. The van der Waals surface area contributed by atoms with Crippen LogP contribution in [0.15, 0.2) is 0 Å². The van der Waals surface area contributed by atoms with Crippen molar-refractivity contribution in [1.29, 1.82) is 0 Å². The molecule has 96 valence electrons. The predicted octanol–water partition coefficient (Wildman–Crippen LogP) is 1.29. The van der Waals surface area contributed by atoms with E-state index in [4.69, 9.17) is 5.11 Å². The number of aliphatic carboxylic acids is 1. The molecule has 17 heavy (non-hydrogen) atoms. The maximum Gasteiger partial charge on any atom is 0.317 e. The quantitative estimate of drug-likeness (QED) is 0.760. The molecule has 2 fully saturated rings. The Morgan fingerprint density at radius 3 is 2.53 bits per heavy atom. The largest absolute Gasteiger partial charge is 0.481 e. The van der Waals surface area contributed by atoms with E-state index in [0.717, 1.165) is 12.3 Å². The summed E-state index contributed by atoms with van der Waals surface area (Å²) in [5, 5.41) is 11.6. The molecule has 1 aliphatic carbocycles. The summed E-state index contributed by atoms with van der Waals surface area (Å²) in [5.41, 5.74) is 0. The average molecular weight is 240 g/mol. The predicted molar refractivity (Wildman–Crippen MR) is 62.7 cm³/mol. The first kappa shape index (κ1) is 12.2. The molecule has 1 aliphatic heterocycles. The molecule has 0 aromatic rings. The highest BCUT2D eigenvalue weighted by Crippen LogP contribution is 2.33. The summed E-state index contributed by atoms with van der Waals surface area (Å²) in [6, 6.07) is 0.188. The molecule has 0 aromatic carbocycles. The Morgan fingerprint density at radius 2 is 2.00 bits per heavy atom. The van der Waals surface area contributed by atoms with Gasteiger partial charge >= 0.3 is 12.0 Å². The number of urea groups is 1. The molecule has 1 unspecified atom stereocenters. The number of likely N-dealkylation sites (tertiary alicyclic amines) is 1. The maximum atomic E-state index is 11.7. The van der Waals surface area contributed by atoms with E-state index >= 15 is 0 Å². The number of nitrogens with zero attached hydrogens (tertiary/aromatic N) is 1. The first-order valence-electron chi connectivity index (χ1n) is 6.32. The number of carbonyl (C=O) groups excluding carboxylic acids is 1. The average Bonchev–Trinajstić information content (AvgIpc) is 2.93. The van der Waals surface area contributed by atoms with E-state index in [1.54, 1.807) is 4.90 Å². The Kier molecular flexibility index (Phi) is 3.54. The molecule has 2 N–H and O–H groups in total. The molecule has 5 heteroatoms. The van der Waals surface area contributed by atoms with Crippen LogP contribution in [0.2, 0.25) is 0 Å². The zero-order valence-corrected chi connectivity index (χ0v) is 10.2. The van der Waals surface area contributed by atoms with Crippen LogP contribution in [0.25, 0.3) is 0 Å². The minimum Gasteiger partial charge on any atom is -0.481 e. The van der Waals surface area contributed by atoms with Crippen LogP contribution in [0.5, 0.6) is 0 Å². The molecule has 0 spiro atoms. The number of carboxylic acids is 1. The van der Waals surface area contributed by atoms with Crippen molar-refractivity contribution in [3.8, 4) is 0 Å². The van der Waals surface area contributed by atoms with Crippen molar-refractivity contribution < 1.29 is 14.7 Å². The normalized spacial score (nSPS) is 21.8. The fourth-order valence-corrected chi connectivity index (χ4v) is 2.33. The SMILES string of the molecule is CC(CC1CC1)NC(=O)N1CC(CC(=O)O)C1. The zero-order chi connectivity index (χ0) is 12.4. The fourth-order valence-electron chi connectivity index (χ4n) is 2.33. The van der Waals surface area contributed by atoms with Gasteiger partial charge in [-0.05, 0) is 19.3 Å². The van der Waals surface area contributed by atoms with Crippen LogP contribution in [-0.4, -0.2) is 41.1 Å².